The molecule has 5 rings (SSSR count). The molecule has 1 nitrogen and oxygen atoms in total. The zero-order chi connectivity index (χ0) is 49.7. The number of rotatable bonds is 8. The molecule has 1 unspecified atom stereocenters. The maximum atomic E-state index is 5.65. The van der Waals surface area contributed by atoms with Crippen LogP contribution in [0.25, 0.3) is 35.2 Å². The van der Waals surface area contributed by atoms with Crippen LogP contribution in [0.1, 0.15) is 94.2 Å². The van der Waals surface area contributed by atoms with E-state index in [0.29, 0.717) is 11.3 Å². The van der Waals surface area contributed by atoms with Gasteiger partial charge in [-0.25, -0.2) is 0 Å². The Morgan fingerprint density at radius 3 is 1.32 bits per heavy atom. The number of para-hydroxylation sites is 1. The van der Waals surface area contributed by atoms with Crippen molar-refractivity contribution in [1.29, 1.82) is 0 Å². The molecule has 10 heteroatoms. The van der Waals surface area contributed by atoms with E-state index in [1.807, 2.05) is 105 Å². The third-order valence-electron chi connectivity index (χ3n) is 7.82. The first kappa shape index (κ1) is 66.2. The van der Waals surface area contributed by atoms with Gasteiger partial charge in [-0.05, 0) is 117 Å². The number of fused-ring (bicyclic) bond motifs is 1. The zero-order valence-corrected chi connectivity index (χ0v) is 45.6. The van der Waals surface area contributed by atoms with Crippen molar-refractivity contribution in [3.63, 3.8) is 0 Å². The van der Waals surface area contributed by atoms with Gasteiger partial charge in [0, 0.05) is 66.4 Å². The summed E-state index contributed by atoms with van der Waals surface area (Å²) in [6, 6.07) is 32.0. The molecule has 1 aromatic heterocycles. The van der Waals surface area contributed by atoms with Gasteiger partial charge in [-0.1, -0.05) is 247 Å². The first-order chi connectivity index (χ1) is 31.1. The van der Waals surface area contributed by atoms with E-state index in [-0.39, 0.29) is 0 Å². The molecule has 0 fully saturated rings. The summed E-state index contributed by atoms with van der Waals surface area (Å²) < 4.78 is 0. The summed E-state index contributed by atoms with van der Waals surface area (Å²) in [4.78, 5) is 3.16. The maximum Gasteiger partial charge on any atom is 0.0460 e. The highest BCUT2D eigenvalue weighted by atomic mass is 35.5. The number of aromatic nitrogens is 1. The summed E-state index contributed by atoms with van der Waals surface area (Å²) in [5.41, 5.74) is 20.2. The van der Waals surface area contributed by atoms with Crippen LogP contribution in [0.5, 0.6) is 0 Å². The largest absolute Gasteiger partial charge is 0.361 e. The summed E-state index contributed by atoms with van der Waals surface area (Å²) in [5.74, 6) is 0.629. The van der Waals surface area contributed by atoms with Crippen molar-refractivity contribution < 1.29 is 0 Å². The number of hydrogen-bond acceptors (Lipinski definition) is 0. The van der Waals surface area contributed by atoms with Crippen LogP contribution >= 0.6 is 104 Å². The lowest BCUT2D eigenvalue weighted by atomic mass is 9.88. The van der Waals surface area contributed by atoms with Gasteiger partial charge in [0.25, 0.3) is 0 Å². The summed E-state index contributed by atoms with van der Waals surface area (Å²) in [5, 5.41) is 1.95. The first-order valence-corrected chi connectivity index (χ1v) is 24.4. The monoisotopic (exact) mass is 1060 g/mol. The molecule has 0 aliphatic heterocycles. The van der Waals surface area contributed by atoms with E-state index in [2.05, 4.69) is 89.5 Å². The molecule has 0 saturated carbocycles. The molecule has 354 valence electrons. The number of halogens is 9. The van der Waals surface area contributed by atoms with Gasteiger partial charge in [-0.15, -0.1) is 6.58 Å². The van der Waals surface area contributed by atoms with Crippen LogP contribution in [0.3, 0.4) is 0 Å². The summed E-state index contributed by atoms with van der Waals surface area (Å²) in [6.07, 6.45) is 18.8. The molecule has 0 spiro atoms. The van der Waals surface area contributed by atoms with Crippen LogP contribution in [-0.2, 0) is 0 Å². The summed E-state index contributed by atoms with van der Waals surface area (Å²) >= 11 is 47.5. The van der Waals surface area contributed by atoms with Gasteiger partial charge in [0.15, 0.2) is 0 Å². The summed E-state index contributed by atoms with van der Waals surface area (Å²) in [6.45, 7) is 20.3. The van der Waals surface area contributed by atoms with E-state index >= 15 is 0 Å². The van der Waals surface area contributed by atoms with Crippen molar-refractivity contribution in [2.45, 2.75) is 74.7 Å². The number of aromatic amines is 1. The Balaban J connectivity index is -0.000000700. The fraction of sp³-hybridized carbons (Fsp3) is 0.236. The van der Waals surface area contributed by atoms with Crippen LogP contribution < -0.4 is 0 Å². The third-order valence-corrected chi connectivity index (χ3v) is 9.35. The van der Waals surface area contributed by atoms with Gasteiger partial charge in [0.05, 0.1) is 0 Å². The minimum absolute atomic E-state index is 0.477. The molecule has 4 aromatic carbocycles. The molecule has 0 aliphatic rings. The SMILES string of the molecule is C/C=C/Cl.C=CC.CC(/C=C/Cl)CCCC(C)(C)C.Cc1ccc(/C=C/Cl)cc1.Cc1ccc(/C=C/Cl)cc1.Cl/C=C/Cl.Cl/C=C/c1c[nH]c2ccccc12.Cl/C=C/c1ccc(Cl)cc1. The lowest BCUT2D eigenvalue weighted by Crippen LogP contribution is -2.05. The molecule has 1 N–H and O–H groups in total. The first-order valence-electron chi connectivity index (χ1n) is 20.5. The van der Waals surface area contributed by atoms with Crippen molar-refractivity contribution >= 4 is 140 Å². The number of hydrogen-bond donors (Lipinski definition) is 1. The van der Waals surface area contributed by atoms with E-state index in [1.54, 1.807) is 23.8 Å². The molecule has 0 bridgehead atoms. The second-order valence-electron chi connectivity index (χ2n) is 14.7. The highest BCUT2D eigenvalue weighted by molar-refractivity contribution is 6.33. The summed E-state index contributed by atoms with van der Waals surface area (Å²) in [7, 11) is 0. The Hall–Kier alpha value is -3.05. The number of H-pyrrole nitrogens is 1. The number of nitrogens with one attached hydrogen (secondary N) is 1. The van der Waals surface area contributed by atoms with E-state index in [4.69, 9.17) is 104 Å². The lowest BCUT2D eigenvalue weighted by Gasteiger charge is -2.18. The van der Waals surface area contributed by atoms with Gasteiger partial charge < -0.3 is 4.98 Å². The molecule has 0 saturated heterocycles. The van der Waals surface area contributed by atoms with Crippen molar-refractivity contribution in [3.05, 3.63) is 211 Å². The second kappa shape index (κ2) is 46.1. The van der Waals surface area contributed by atoms with Crippen molar-refractivity contribution in [2.24, 2.45) is 11.3 Å². The zero-order valence-electron chi connectivity index (χ0n) is 38.8. The molecule has 5 aromatic rings. The number of allylic oxidation sites excluding steroid dienone is 3. The standard InChI is InChI=1S/C11H21Cl.C10H8ClN.2C9H9Cl.C8H6Cl2.C3H5Cl.C3H6.C2H2Cl2/c1-10(7-9-12)6-5-8-11(2,3)4;11-6-5-8-7-12-10-4-2-1-3-9(8)10;2*1-8-2-4-9(5-3-8)6-7-10;9-6-5-7-1-3-8(10)4-2-7;1-2-3-4;1-3-2;3-1-2-4/h7,9-10H,5-6,8H2,1-4H3;1-7,12H;2*2-7H,1H3;1-6H;2-3H,1H3;3H,1H2,2H3;1-2H/b9-7+;6-5+;2*7-6+;6-5+;3-2+;;2-1+. The second-order valence-corrected chi connectivity index (χ2v) is 17.2. The van der Waals surface area contributed by atoms with Gasteiger partial charge >= 0.3 is 0 Å². The Bertz CT molecular complexity index is 1920. The fourth-order valence-electron chi connectivity index (χ4n) is 4.62. The third kappa shape index (κ3) is 42.1. The predicted octanol–water partition coefficient (Wildman–Crippen LogP) is 22.8. The van der Waals surface area contributed by atoms with Gasteiger partial charge in [-0.2, -0.15) is 0 Å². The molecule has 0 radical (unpaired) electrons. The maximum absolute atomic E-state index is 5.65. The smallest absolute Gasteiger partial charge is 0.0460 e. The molecular formula is C55H66Cl9N. The van der Waals surface area contributed by atoms with Crippen LogP contribution in [0.15, 0.2) is 172 Å². The van der Waals surface area contributed by atoms with E-state index in [0.717, 1.165) is 32.8 Å². The van der Waals surface area contributed by atoms with Crippen molar-refractivity contribution in [1.82, 2.24) is 4.98 Å². The minimum Gasteiger partial charge on any atom is -0.361 e. The normalized spacial score (nSPS) is 11.2. The molecular weight excluding hydrogens is 994 g/mol. The Labute approximate surface area is 437 Å². The number of benzene rings is 4. The molecule has 1 heterocycles. The quantitative estimate of drug-likeness (QED) is 0.149. The fourth-order valence-corrected chi connectivity index (χ4v) is 5.57. The van der Waals surface area contributed by atoms with Gasteiger partial charge in [-0.3, -0.25) is 0 Å². The highest BCUT2D eigenvalue weighted by Crippen LogP contribution is 2.23. The number of aryl methyl sites for hydroxylation is 2. The van der Waals surface area contributed by atoms with Gasteiger partial charge in [0.2, 0.25) is 0 Å². The van der Waals surface area contributed by atoms with Crippen molar-refractivity contribution in [3.8, 4) is 0 Å². The van der Waals surface area contributed by atoms with E-state index < -0.39 is 0 Å². The Morgan fingerprint density at radius 1 is 0.569 bits per heavy atom. The van der Waals surface area contributed by atoms with Crippen LogP contribution in [0.4, 0.5) is 0 Å². The lowest BCUT2D eigenvalue weighted by molar-refractivity contribution is 0.352. The van der Waals surface area contributed by atoms with Gasteiger partial charge in [0.1, 0.15) is 0 Å². The van der Waals surface area contributed by atoms with Crippen molar-refractivity contribution in [2.75, 3.05) is 0 Å². The Morgan fingerprint density at radius 2 is 0.969 bits per heavy atom. The van der Waals surface area contributed by atoms with Crippen LogP contribution in [0, 0.1) is 25.2 Å². The van der Waals surface area contributed by atoms with Crippen LogP contribution in [-0.4, -0.2) is 4.98 Å². The van der Waals surface area contributed by atoms with E-state index in [1.165, 1.54) is 74.5 Å². The average Bonchev–Trinajstić information content (AvgIpc) is 3.70. The minimum atomic E-state index is 0.477. The predicted molar refractivity (Wildman–Crippen MR) is 307 cm³/mol. The average molecular weight is 1060 g/mol. The highest BCUT2D eigenvalue weighted by Gasteiger charge is 2.09. The molecule has 1 atom stereocenters. The molecule has 0 amide bonds. The topological polar surface area (TPSA) is 15.8 Å². The van der Waals surface area contributed by atoms with Crippen LogP contribution in [0.2, 0.25) is 5.02 Å². The van der Waals surface area contributed by atoms with E-state index in [9.17, 15) is 0 Å². The Kier molecular flexibility index (Phi) is 46.9. The molecule has 65 heavy (non-hydrogen) atoms. The molecule has 0 aliphatic carbocycles.